The van der Waals surface area contributed by atoms with Gasteiger partial charge in [0.1, 0.15) is 0 Å². The molecule has 26 heavy (non-hydrogen) atoms. The number of rotatable bonds is 2. The SMILES string of the molecule is CC(=O)/C1=C/N(C)Cc2ccccc2-n2cccc2C1c1ccccc1. The van der Waals surface area contributed by atoms with Gasteiger partial charge in [-0.3, -0.25) is 4.79 Å². The molecule has 2 heterocycles. The summed E-state index contributed by atoms with van der Waals surface area (Å²) in [7, 11) is 2.03. The molecule has 0 saturated heterocycles. The van der Waals surface area contributed by atoms with E-state index in [2.05, 4.69) is 64.2 Å². The van der Waals surface area contributed by atoms with Crippen LogP contribution in [0.4, 0.5) is 0 Å². The molecular formula is C23H22N2O. The number of benzene rings is 2. The van der Waals surface area contributed by atoms with Crippen molar-refractivity contribution in [1.82, 2.24) is 9.47 Å². The lowest BCUT2D eigenvalue weighted by Crippen LogP contribution is -2.17. The van der Waals surface area contributed by atoms with Gasteiger partial charge in [0.15, 0.2) is 5.78 Å². The van der Waals surface area contributed by atoms with E-state index in [1.54, 1.807) is 6.92 Å². The summed E-state index contributed by atoms with van der Waals surface area (Å²) >= 11 is 0. The summed E-state index contributed by atoms with van der Waals surface area (Å²) in [6.45, 7) is 2.42. The number of Topliss-reactive ketones (excluding diaryl/α,β-unsaturated/α-hetero) is 1. The van der Waals surface area contributed by atoms with Crippen molar-refractivity contribution < 1.29 is 4.79 Å². The Morgan fingerprint density at radius 1 is 0.962 bits per heavy atom. The highest BCUT2D eigenvalue weighted by Crippen LogP contribution is 2.36. The van der Waals surface area contributed by atoms with Gasteiger partial charge in [-0.2, -0.15) is 0 Å². The molecule has 0 saturated carbocycles. The Morgan fingerprint density at radius 3 is 2.46 bits per heavy atom. The standard InChI is InChI=1S/C23H22N2O/c1-17(26)20-16-24(2)15-19-11-6-7-12-21(19)25-14-8-13-22(25)23(20)18-9-4-3-5-10-18/h3-14,16,23H,15H2,1-2H3/b20-16-. The van der Waals surface area contributed by atoms with E-state index in [9.17, 15) is 4.79 Å². The molecule has 1 aromatic heterocycles. The van der Waals surface area contributed by atoms with Crippen molar-refractivity contribution in [3.8, 4) is 5.69 Å². The van der Waals surface area contributed by atoms with Crippen molar-refractivity contribution in [1.29, 1.82) is 0 Å². The molecule has 1 aliphatic heterocycles. The fourth-order valence-corrected chi connectivity index (χ4v) is 3.80. The van der Waals surface area contributed by atoms with Crippen LogP contribution < -0.4 is 0 Å². The number of hydrogen-bond donors (Lipinski definition) is 0. The number of hydrogen-bond acceptors (Lipinski definition) is 2. The largest absolute Gasteiger partial charge is 0.376 e. The summed E-state index contributed by atoms with van der Waals surface area (Å²) in [5, 5.41) is 0. The molecule has 3 nitrogen and oxygen atoms in total. The fraction of sp³-hybridized carbons (Fsp3) is 0.174. The number of ketones is 1. The Labute approximate surface area is 154 Å². The molecule has 0 N–H and O–H groups in total. The molecule has 1 aliphatic rings. The summed E-state index contributed by atoms with van der Waals surface area (Å²) in [6, 6.07) is 22.9. The van der Waals surface area contributed by atoms with Crippen molar-refractivity contribution >= 4 is 5.78 Å². The van der Waals surface area contributed by atoms with Crippen LogP contribution in [-0.4, -0.2) is 22.3 Å². The molecule has 3 heteroatoms. The Kier molecular flexibility index (Phi) is 4.21. The third kappa shape index (κ3) is 2.86. The van der Waals surface area contributed by atoms with E-state index >= 15 is 0 Å². The van der Waals surface area contributed by atoms with E-state index in [4.69, 9.17) is 0 Å². The zero-order chi connectivity index (χ0) is 18.1. The summed E-state index contributed by atoms with van der Waals surface area (Å²) in [5.74, 6) is 0.00159. The van der Waals surface area contributed by atoms with E-state index in [0.29, 0.717) is 0 Å². The van der Waals surface area contributed by atoms with Crippen molar-refractivity contribution in [3.63, 3.8) is 0 Å². The first-order chi connectivity index (χ1) is 12.6. The Balaban J connectivity index is 2.02. The number of allylic oxidation sites excluding steroid dienone is 1. The lowest BCUT2D eigenvalue weighted by Gasteiger charge is -2.22. The third-order valence-electron chi connectivity index (χ3n) is 4.96. The zero-order valence-electron chi connectivity index (χ0n) is 15.1. The van der Waals surface area contributed by atoms with Crippen molar-refractivity contribution in [2.45, 2.75) is 19.4 Å². The predicted octanol–water partition coefficient (Wildman–Crippen LogP) is 4.53. The minimum atomic E-state index is -0.0997. The van der Waals surface area contributed by atoms with Gasteiger partial charge in [-0.1, -0.05) is 48.5 Å². The van der Waals surface area contributed by atoms with Gasteiger partial charge >= 0.3 is 0 Å². The molecule has 1 unspecified atom stereocenters. The number of para-hydroxylation sites is 1. The average Bonchev–Trinajstić information content (AvgIpc) is 3.12. The number of carbonyl (C=O) groups excluding carboxylic acids is 1. The van der Waals surface area contributed by atoms with Crippen LogP contribution in [0.2, 0.25) is 0 Å². The van der Waals surface area contributed by atoms with E-state index in [1.165, 1.54) is 11.3 Å². The molecule has 0 amide bonds. The minimum Gasteiger partial charge on any atom is -0.376 e. The summed E-state index contributed by atoms with van der Waals surface area (Å²) in [5.41, 5.74) is 5.45. The van der Waals surface area contributed by atoms with Crippen LogP contribution in [0.15, 0.2) is 84.7 Å². The highest BCUT2D eigenvalue weighted by molar-refractivity contribution is 5.95. The van der Waals surface area contributed by atoms with Crippen LogP contribution in [0.5, 0.6) is 0 Å². The highest BCUT2D eigenvalue weighted by atomic mass is 16.1. The topological polar surface area (TPSA) is 25.2 Å². The molecule has 2 aromatic carbocycles. The van der Waals surface area contributed by atoms with Crippen LogP contribution >= 0.6 is 0 Å². The quantitative estimate of drug-likeness (QED) is 0.684. The monoisotopic (exact) mass is 342 g/mol. The minimum absolute atomic E-state index is 0.0997. The molecule has 1 atom stereocenters. The second-order valence-corrected chi connectivity index (χ2v) is 6.83. The highest BCUT2D eigenvalue weighted by Gasteiger charge is 2.27. The second kappa shape index (κ2) is 6.68. The van der Waals surface area contributed by atoms with Gasteiger partial charge < -0.3 is 9.47 Å². The van der Waals surface area contributed by atoms with Crippen molar-refractivity contribution in [3.05, 3.63) is 102 Å². The van der Waals surface area contributed by atoms with Gasteiger partial charge in [-0.15, -0.1) is 0 Å². The average molecular weight is 342 g/mol. The maximum atomic E-state index is 12.6. The molecule has 3 aromatic rings. The number of fused-ring (bicyclic) bond motifs is 3. The van der Waals surface area contributed by atoms with Crippen molar-refractivity contribution in [2.24, 2.45) is 0 Å². The molecule has 0 spiro atoms. The maximum absolute atomic E-state index is 12.6. The lowest BCUT2D eigenvalue weighted by molar-refractivity contribution is -0.113. The van der Waals surface area contributed by atoms with Crippen LogP contribution in [0, 0.1) is 0 Å². The summed E-state index contributed by atoms with van der Waals surface area (Å²) in [6.07, 6.45) is 4.10. The molecule has 4 rings (SSSR count). The van der Waals surface area contributed by atoms with Crippen LogP contribution in [0.3, 0.4) is 0 Å². The van der Waals surface area contributed by atoms with E-state index in [-0.39, 0.29) is 11.7 Å². The molecule has 0 bridgehead atoms. The first-order valence-corrected chi connectivity index (χ1v) is 8.88. The molecule has 0 aliphatic carbocycles. The van der Waals surface area contributed by atoms with Crippen LogP contribution in [0.1, 0.15) is 29.7 Å². The second-order valence-electron chi connectivity index (χ2n) is 6.83. The normalized spacial score (nSPS) is 18.6. The first-order valence-electron chi connectivity index (χ1n) is 8.88. The van der Waals surface area contributed by atoms with Gasteiger partial charge in [0.2, 0.25) is 0 Å². The van der Waals surface area contributed by atoms with Crippen LogP contribution in [0.25, 0.3) is 5.69 Å². The van der Waals surface area contributed by atoms with Gasteiger partial charge in [-0.25, -0.2) is 0 Å². The number of nitrogens with zero attached hydrogens (tertiary/aromatic N) is 2. The van der Waals surface area contributed by atoms with Crippen molar-refractivity contribution in [2.75, 3.05) is 7.05 Å². The smallest absolute Gasteiger partial charge is 0.158 e. The first kappa shape index (κ1) is 16.4. The fourth-order valence-electron chi connectivity index (χ4n) is 3.80. The number of carbonyl (C=O) groups is 1. The molecule has 130 valence electrons. The summed E-state index contributed by atoms with van der Waals surface area (Å²) < 4.78 is 2.23. The molecular weight excluding hydrogens is 320 g/mol. The van der Waals surface area contributed by atoms with E-state index < -0.39 is 0 Å². The zero-order valence-corrected chi connectivity index (χ0v) is 15.1. The van der Waals surface area contributed by atoms with Gasteiger partial charge in [-0.05, 0) is 36.2 Å². The Hall–Kier alpha value is -3.07. The maximum Gasteiger partial charge on any atom is 0.158 e. The number of aromatic nitrogens is 1. The van der Waals surface area contributed by atoms with Gasteiger partial charge in [0.05, 0.1) is 11.6 Å². The van der Waals surface area contributed by atoms with E-state index in [1.807, 2.05) is 31.4 Å². The van der Waals surface area contributed by atoms with Gasteiger partial charge in [0, 0.05) is 37.3 Å². The predicted molar refractivity (Wildman–Crippen MR) is 104 cm³/mol. The van der Waals surface area contributed by atoms with Crippen LogP contribution in [-0.2, 0) is 11.3 Å². The third-order valence-corrected chi connectivity index (χ3v) is 4.96. The summed E-state index contributed by atoms with van der Waals surface area (Å²) in [4.78, 5) is 14.7. The Bertz CT molecular complexity index is 969. The van der Waals surface area contributed by atoms with E-state index in [0.717, 1.165) is 23.4 Å². The van der Waals surface area contributed by atoms with Gasteiger partial charge in [0.25, 0.3) is 0 Å². The molecule has 0 radical (unpaired) electrons. The molecule has 0 fully saturated rings. The lowest BCUT2D eigenvalue weighted by atomic mass is 9.86. The Morgan fingerprint density at radius 2 is 1.69 bits per heavy atom.